The van der Waals surface area contributed by atoms with Crippen molar-refractivity contribution in [2.45, 2.75) is 39.2 Å². The summed E-state index contributed by atoms with van der Waals surface area (Å²) in [5, 5.41) is 3.03. The minimum Gasteiger partial charge on any atom is -0.368 e. The molecule has 0 spiro atoms. The Balaban J connectivity index is 2.30. The van der Waals surface area contributed by atoms with E-state index >= 15 is 0 Å². The lowest BCUT2D eigenvalue weighted by molar-refractivity contribution is -0.123. The second kappa shape index (κ2) is 5.83. The van der Waals surface area contributed by atoms with E-state index in [0.717, 1.165) is 31.2 Å². The normalized spacial score (nSPS) is 29.2. The van der Waals surface area contributed by atoms with Gasteiger partial charge in [-0.25, -0.2) is 0 Å². The van der Waals surface area contributed by atoms with Crippen LogP contribution in [0.15, 0.2) is 0 Å². The molecule has 0 bridgehead atoms. The van der Waals surface area contributed by atoms with Crippen molar-refractivity contribution in [3.05, 3.63) is 0 Å². The summed E-state index contributed by atoms with van der Waals surface area (Å²) in [7, 11) is 1.80. The molecule has 0 aromatic rings. The molecule has 100 valence electrons. The summed E-state index contributed by atoms with van der Waals surface area (Å²) >= 11 is 0. The van der Waals surface area contributed by atoms with Gasteiger partial charge >= 0.3 is 0 Å². The largest absolute Gasteiger partial charge is 0.368 e. The minimum atomic E-state index is -0.559. The molecule has 1 rings (SSSR count). The van der Waals surface area contributed by atoms with Crippen LogP contribution in [0.25, 0.3) is 0 Å². The first kappa shape index (κ1) is 14.5. The maximum absolute atomic E-state index is 11.3. The molecular formula is C13H27N3O. The average molecular weight is 241 g/mol. The molecule has 0 aromatic heterocycles. The molecule has 0 saturated carbocycles. The zero-order chi connectivity index (χ0) is 13.1. The average Bonchev–Trinajstić information content (AvgIpc) is 2.57. The number of carbonyl (C=O) groups excluding carboxylic acids is 1. The van der Waals surface area contributed by atoms with Crippen LogP contribution in [0, 0.1) is 11.8 Å². The quantitative estimate of drug-likeness (QED) is 0.724. The number of nitrogens with two attached hydrogens (primary N) is 1. The number of nitrogens with one attached hydrogen (secondary N) is 1. The Morgan fingerprint density at radius 2 is 1.94 bits per heavy atom. The molecular weight excluding hydrogens is 214 g/mol. The van der Waals surface area contributed by atoms with Crippen molar-refractivity contribution in [2.75, 3.05) is 26.7 Å². The zero-order valence-electron chi connectivity index (χ0n) is 11.6. The lowest BCUT2D eigenvalue weighted by atomic mass is 9.95. The second-order valence-electron chi connectivity index (χ2n) is 5.76. The van der Waals surface area contributed by atoms with Crippen molar-refractivity contribution < 1.29 is 4.79 Å². The van der Waals surface area contributed by atoms with Crippen LogP contribution < -0.4 is 11.1 Å². The fraction of sp³-hybridized carbons (Fsp3) is 0.923. The number of amides is 1. The van der Waals surface area contributed by atoms with Gasteiger partial charge < -0.3 is 16.0 Å². The lowest BCUT2D eigenvalue weighted by Crippen LogP contribution is -2.51. The first-order valence-corrected chi connectivity index (χ1v) is 6.60. The van der Waals surface area contributed by atoms with E-state index in [2.05, 4.69) is 24.1 Å². The maximum atomic E-state index is 11.3. The number of primary amides is 1. The number of nitrogens with zero attached hydrogens (tertiary/aromatic N) is 1. The van der Waals surface area contributed by atoms with Crippen LogP contribution >= 0.6 is 0 Å². The number of likely N-dealkylation sites (N-methyl/N-ethyl adjacent to an activating group) is 1. The summed E-state index contributed by atoms with van der Waals surface area (Å²) in [6.45, 7) is 9.95. The number of carbonyl (C=O) groups is 1. The van der Waals surface area contributed by atoms with Crippen molar-refractivity contribution in [3.8, 4) is 0 Å². The van der Waals surface area contributed by atoms with Crippen molar-refractivity contribution in [3.63, 3.8) is 0 Å². The van der Waals surface area contributed by atoms with Gasteiger partial charge in [-0.05, 0) is 45.2 Å². The molecule has 1 amide bonds. The first-order valence-electron chi connectivity index (χ1n) is 6.60. The molecule has 1 aliphatic rings. The van der Waals surface area contributed by atoms with Crippen LogP contribution in [0.1, 0.15) is 33.6 Å². The maximum Gasteiger partial charge on any atom is 0.237 e. The van der Waals surface area contributed by atoms with Crippen LogP contribution in [-0.4, -0.2) is 43.0 Å². The molecule has 0 radical (unpaired) electrons. The van der Waals surface area contributed by atoms with Gasteiger partial charge in [0.25, 0.3) is 0 Å². The van der Waals surface area contributed by atoms with E-state index in [1.807, 2.05) is 6.92 Å². The molecule has 1 aliphatic heterocycles. The summed E-state index contributed by atoms with van der Waals surface area (Å²) in [6, 6.07) is 0. The third-order valence-corrected chi connectivity index (χ3v) is 4.31. The summed E-state index contributed by atoms with van der Waals surface area (Å²) in [4.78, 5) is 13.8. The fourth-order valence-corrected chi connectivity index (χ4v) is 2.46. The molecule has 3 unspecified atom stereocenters. The third kappa shape index (κ3) is 3.68. The Bertz CT molecular complexity index is 259. The number of rotatable bonds is 6. The van der Waals surface area contributed by atoms with Crippen molar-refractivity contribution in [2.24, 2.45) is 17.6 Å². The van der Waals surface area contributed by atoms with E-state index in [0.29, 0.717) is 0 Å². The van der Waals surface area contributed by atoms with Crippen LogP contribution in [0.2, 0.25) is 0 Å². The van der Waals surface area contributed by atoms with Crippen LogP contribution in [0.4, 0.5) is 0 Å². The van der Waals surface area contributed by atoms with Crippen LogP contribution in [0.3, 0.4) is 0 Å². The highest BCUT2D eigenvalue weighted by Gasteiger charge is 2.30. The second-order valence-corrected chi connectivity index (χ2v) is 5.76. The third-order valence-electron chi connectivity index (χ3n) is 4.31. The van der Waals surface area contributed by atoms with Gasteiger partial charge in [-0.3, -0.25) is 4.79 Å². The number of hydrogen-bond acceptors (Lipinski definition) is 3. The van der Waals surface area contributed by atoms with Gasteiger partial charge in [0.05, 0.1) is 5.54 Å². The molecule has 3 N–H and O–H groups in total. The monoisotopic (exact) mass is 241 g/mol. The molecule has 0 aromatic carbocycles. The Labute approximate surface area is 105 Å². The topological polar surface area (TPSA) is 58.4 Å². The molecule has 3 atom stereocenters. The molecule has 1 fully saturated rings. The summed E-state index contributed by atoms with van der Waals surface area (Å²) in [5.74, 6) is 1.33. The summed E-state index contributed by atoms with van der Waals surface area (Å²) in [6.07, 6.45) is 1.82. The van der Waals surface area contributed by atoms with E-state index in [-0.39, 0.29) is 5.91 Å². The minimum absolute atomic E-state index is 0.261. The predicted molar refractivity (Wildman–Crippen MR) is 70.7 cm³/mol. The lowest BCUT2D eigenvalue weighted by Gasteiger charge is -2.26. The van der Waals surface area contributed by atoms with Crippen LogP contribution in [0.5, 0.6) is 0 Å². The Morgan fingerprint density at radius 1 is 1.41 bits per heavy atom. The van der Waals surface area contributed by atoms with E-state index in [4.69, 9.17) is 5.73 Å². The van der Waals surface area contributed by atoms with Crippen molar-refractivity contribution in [1.29, 1.82) is 0 Å². The Morgan fingerprint density at radius 3 is 2.35 bits per heavy atom. The molecule has 1 heterocycles. The summed E-state index contributed by atoms with van der Waals surface area (Å²) < 4.78 is 0. The first-order chi connectivity index (χ1) is 7.89. The van der Waals surface area contributed by atoms with Gasteiger partial charge in [0.1, 0.15) is 0 Å². The van der Waals surface area contributed by atoms with E-state index < -0.39 is 5.54 Å². The van der Waals surface area contributed by atoms with Gasteiger partial charge in [-0.2, -0.15) is 0 Å². The highest BCUT2D eigenvalue weighted by atomic mass is 16.1. The molecule has 1 saturated heterocycles. The predicted octanol–water partition coefficient (Wildman–Crippen LogP) is 0.818. The van der Waals surface area contributed by atoms with Crippen molar-refractivity contribution in [1.82, 2.24) is 10.2 Å². The Hall–Kier alpha value is -0.610. The van der Waals surface area contributed by atoms with E-state index in [1.54, 1.807) is 7.05 Å². The molecule has 4 heteroatoms. The summed E-state index contributed by atoms with van der Waals surface area (Å²) in [5.41, 5.74) is 4.85. The zero-order valence-corrected chi connectivity index (χ0v) is 11.6. The van der Waals surface area contributed by atoms with Gasteiger partial charge in [0.2, 0.25) is 5.91 Å². The Kier molecular flexibility index (Phi) is 4.95. The fourth-order valence-electron chi connectivity index (χ4n) is 2.46. The molecule has 17 heavy (non-hydrogen) atoms. The van der Waals surface area contributed by atoms with E-state index in [9.17, 15) is 4.79 Å². The number of likely N-dealkylation sites (tertiary alicyclic amines) is 1. The van der Waals surface area contributed by atoms with E-state index in [1.165, 1.54) is 13.1 Å². The van der Waals surface area contributed by atoms with Gasteiger partial charge in [0, 0.05) is 13.1 Å². The molecule has 0 aliphatic carbocycles. The molecule has 4 nitrogen and oxygen atoms in total. The van der Waals surface area contributed by atoms with Crippen molar-refractivity contribution >= 4 is 5.91 Å². The SMILES string of the molecule is CNC(C)(CCCN1CC(C)C(C)C1)C(N)=O. The highest BCUT2D eigenvalue weighted by Crippen LogP contribution is 2.22. The standard InChI is InChI=1S/C13H27N3O/c1-10-8-16(9-11(10)2)7-5-6-13(3,15-4)12(14)17/h10-11,15H,5-9H2,1-4H3,(H2,14,17). The van der Waals surface area contributed by atoms with Gasteiger partial charge in [-0.15, -0.1) is 0 Å². The number of hydrogen-bond donors (Lipinski definition) is 2. The smallest absolute Gasteiger partial charge is 0.237 e. The van der Waals surface area contributed by atoms with Gasteiger partial charge in [0.15, 0.2) is 0 Å². The van der Waals surface area contributed by atoms with Gasteiger partial charge in [-0.1, -0.05) is 13.8 Å². The highest BCUT2D eigenvalue weighted by molar-refractivity contribution is 5.84. The van der Waals surface area contributed by atoms with Crippen LogP contribution in [-0.2, 0) is 4.79 Å².